The summed E-state index contributed by atoms with van der Waals surface area (Å²) in [5, 5.41) is 4.98. The molecule has 0 bridgehead atoms. The molecular formula is C17H20ClN3O3. The summed E-state index contributed by atoms with van der Waals surface area (Å²) in [6.45, 7) is 1.87. The van der Waals surface area contributed by atoms with E-state index in [1.807, 2.05) is 24.3 Å². The van der Waals surface area contributed by atoms with Crippen molar-refractivity contribution in [2.45, 2.75) is 12.7 Å². The van der Waals surface area contributed by atoms with Crippen molar-refractivity contribution in [3.63, 3.8) is 0 Å². The van der Waals surface area contributed by atoms with Gasteiger partial charge in [0, 0.05) is 31.9 Å². The highest BCUT2D eigenvalue weighted by Gasteiger charge is 2.28. The predicted octanol–water partition coefficient (Wildman–Crippen LogP) is 2.43. The lowest BCUT2D eigenvalue weighted by molar-refractivity contribution is -0.0229. The van der Waals surface area contributed by atoms with Crippen molar-refractivity contribution >= 4 is 17.5 Å². The van der Waals surface area contributed by atoms with Gasteiger partial charge in [-0.2, -0.15) is 5.10 Å². The number of methoxy groups -OCH3 is 1. The average Bonchev–Trinajstić information content (AvgIpc) is 2.96. The Labute approximate surface area is 145 Å². The highest BCUT2D eigenvalue weighted by atomic mass is 35.5. The van der Waals surface area contributed by atoms with Gasteiger partial charge in [-0.15, -0.1) is 0 Å². The molecule has 0 N–H and O–H groups in total. The van der Waals surface area contributed by atoms with E-state index >= 15 is 0 Å². The number of aryl methyl sites for hydroxylation is 1. The van der Waals surface area contributed by atoms with E-state index in [9.17, 15) is 4.79 Å². The van der Waals surface area contributed by atoms with Crippen LogP contribution < -0.4 is 0 Å². The normalized spacial score (nSPS) is 18.0. The van der Waals surface area contributed by atoms with Crippen molar-refractivity contribution in [2.75, 3.05) is 26.8 Å². The molecule has 6 nitrogen and oxygen atoms in total. The van der Waals surface area contributed by atoms with E-state index in [1.165, 1.54) is 0 Å². The van der Waals surface area contributed by atoms with Gasteiger partial charge in [0.15, 0.2) is 0 Å². The highest BCUT2D eigenvalue weighted by molar-refractivity contribution is 6.30. The van der Waals surface area contributed by atoms with Crippen LogP contribution in [0.5, 0.6) is 0 Å². The second kappa shape index (κ2) is 7.34. The van der Waals surface area contributed by atoms with Crippen LogP contribution in [0.1, 0.15) is 27.7 Å². The molecule has 1 saturated heterocycles. The van der Waals surface area contributed by atoms with Gasteiger partial charge in [0.1, 0.15) is 11.8 Å². The lowest BCUT2D eigenvalue weighted by atomic mass is 10.1. The summed E-state index contributed by atoms with van der Waals surface area (Å²) in [5.74, 6) is -0.0441. The fourth-order valence-electron chi connectivity index (χ4n) is 2.84. The number of hydrogen-bond donors (Lipinski definition) is 0. The van der Waals surface area contributed by atoms with Crippen molar-refractivity contribution in [1.82, 2.24) is 14.7 Å². The second-order valence-electron chi connectivity index (χ2n) is 5.76. The van der Waals surface area contributed by atoms with E-state index < -0.39 is 0 Å². The number of rotatable bonds is 4. The number of ether oxygens (including phenoxy) is 2. The number of nitrogens with zero attached hydrogens (tertiary/aromatic N) is 3. The van der Waals surface area contributed by atoms with Crippen LogP contribution >= 0.6 is 11.6 Å². The third kappa shape index (κ3) is 3.61. The summed E-state index contributed by atoms with van der Waals surface area (Å²) in [7, 11) is 3.39. The molecule has 2 heterocycles. The van der Waals surface area contributed by atoms with Crippen LogP contribution in [0.4, 0.5) is 0 Å². The Kier molecular flexibility index (Phi) is 5.18. The largest absolute Gasteiger partial charge is 0.378 e. The molecule has 1 fully saturated rings. The van der Waals surface area contributed by atoms with Crippen LogP contribution in [-0.4, -0.2) is 47.4 Å². The Morgan fingerprint density at radius 1 is 1.42 bits per heavy atom. The van der Waals surface area contributed by atoms with Gasteiger partial charge in [0.25, 0.3) is 5.91 Å². The quantitative estimate of drug-likeness (QED) is 0.850. The zero-order chi connectivity index (χ0) is 17.1. The Morgan fingerprint density at radius 2 is 2.17 bits per heavy atom. The maximum atomic E-state index is 12.9. The van der Waals surface area contributed by atoms with Gasteiger partial charge in [0.2, 0.25) is 0 Å². The van der Waals surface area contributed by atoms with E-state index in [2.05, 4.69) is 5.10 Å². The van der Waals surface area contributed by atoms with Crippen LogP contribution in [0.25, 0.3) is 0 Å². The van der Waals surface area contributed by atoms with E-state index in [1.54, 1.807) is 29.9 Å². The van der Waals surface area contributed by atoms with Crippen LogP contribution in [0.3, 0.4) is 0 Å². The zero-order valence-corrected chi connectivity index (χ0v) is 14.5. The molecule has 2 aromatic rings. The van der Waals surface area contributed by atoms with E-state index in [0.29, 0.717) is 42.6 Å². The highest BCUT2D eigenvalue weighted by Crippen LogP contribution is 2.25. The van der Waals surface area contributed by atoms with Gasteiger partial charge in [-0.1, -0.05) is 23.7 Å². The number of carbonyl (C=O) groups is 1. The summed E-state index contributed by atoms with van der Waals surface area (Å²) in [6, 6.07) is 7.53. The Hall–Kier alpha value is -1.89. The molecule has 1 aromatic carbocycles. The van der Waals surface area contributed by atoms with E-state index in [0.717, 1.165) is 5.56 Å². The number of aromatic nitrogens is 2. The number of carbonyl (C=O) groups excluding carboxylic acids is 1. The maximum Gasteiger partial charge on any atom is 0.257 e. The third-order valence-corrected chi connectivity index (χ3v) is 4.26. The van der Waals surface area contributed by atoms with Crippen LogP contribution in [0, 0.1) is 0 Å². The van der Waals surface area contributed by atoms with Crippen LogP contribution in [0.2, 0.25) is 5.02 Å². The number of halogens is 1. The fourth-order valence-corrected chi connectivity index (χ4v) is 2.97. The van der Waals surface area contributed by atoms with Crippen molar-refractivity contribution in [3.05, 3.63) is 52.3 Å². The minimum absolute atomic E-state index is 0.0441. The summed E-state index contributed by atoms with van der Waals surface area (Å²) < 4.78 is 12.6. The first-order chi connectivity index (χ1) is 11.6. The zero-order valence-electron chi connectivity index (χ0n) is 13.7. The second-order valence-corrected chi connectivity index (χ2v) is 6.19. The molecule has 24 heavy (non-hydrogen) atoms. The molecule has 0 spiro atoms. The first-order valence-electron chi connectivity index (χ1n) is 7.76. The smallest absolute Gasteiger partial charge is 0.257 e. The molecule has 0 radical (unpaired) electrons. The van der Waals surface area contributed by atoms with Gasteiger partial charge in [-0.3, -0.25) is 9.48 Å². The van der Waals surface area contributed by atoms with Crippen LogP contribution in [-0.2, 0) is 23.1 Å². The Balaban J connectivity index is 1.77. The molecular weight excluding hydrogens is 330 g/mol. The SMILES string of the molecule is COCc1nn(C)cc1C(=O)N1CCO[C@H](c2ccc(Cl)cc2)C1. The molecule has 1 aromatic heterocycles. The van der Waals surface area contributed by atoms with Gasteiger partial charge in [0.05, 0.1) is 25.3 Å². The molecule has 128 valence electrons. The molecule has 1 atom stereocenters. The Morgan fingerprint density at radius 3 is 2.88 bits per heavy atom. The average molecular weight is 350 g/mol. The van der Waals surface area contributed by atoms with Gasteiger partial charge in [-0.05, 0) is 17.7 Å². The summed E-state index contributed by atoms with van der Waals surface area (Å²) >= 11 is 5.93. The summed E-state index contributed by atoms with van der Waals surface area (Å²) in [4.78, 5) is 14.7. The molecule has 0 saturated carbocycles. The van der Waals surface area contributed by atoms with E-state index in [4.69, 9.17) is 21.1 Å². The summed E-state index contributed by atoms with van der Waals surface area (Å²) in [5.41, 5.74) is 2.25. The first-order valence-corrected chi connectivity index (χ1v) is 8.14. The lowest BCUT2D eigenvalue weighted by Crippen LogP contribution is -2.42. The van der Waals surface area contributed by atoms with Gasteiger partial charge >= 0.3 is 0 Å². The molecule has 7 heteroatoms. The van der Waals surface area contributed by atoms with Gasteiger partial charge in [-0.25, -0.2) is 0 Å². The van der Waals surface area contributed by atoms with Gasteiger partial charge < -0.3 is 14.4 Å². The third-order valence-electron chi connectivity index (χ3n) is 4.01. The van der Waals surface area contributed by atoms with Crippen molar-refractivity contribution < 1.29 is 14.3 Å². The number of benzene rings is 1. The molecule has 0 unspecified atom stereocenters. The standard InChI is InChI=1S/C17H20ClN3O3/c1-20-9-14(15(19-20)11-23-2)17(22)21-7-8-24-16(10-21)12-3-5-13(18)6-4-12/h3-6,9,16H,7-8,10-11H2,1-2H3/t16-/m0/s1. The fraction of sp³-hybridized carbons (Fsp3) is 0.412. The predicted molar refractivity (Wildman–Crippen MR) is 90.0 cm³/mol. The molecule has 3 rings (SSSR count). The minimum Gasteiger partial charge on any atom is -0.378 e. The summed E-state index contributed by atoms with van der Waals surface area (Å²) in [6.07, 6.45) is 1.59. The number of hydrogen-bond acceptors (Lipinski definition) is 4. The molecule has 1 aliphatic heterocycles. The van der Waals surface area contributed by atoms with Crippen molar-refractivity contribution in [3.8, 4) is 0 Å². The molecule has 1 aliphatic rings. The number of morpholine rings is 1. The molecule has 1 amide bonds. The monoisotopic (exact) mass is 349 g/mol. The van der Waals surface area contributed by atoms with Crippen molar-refractivity contribution in [1.29, 1.82) is 0 Å². The topological polar surface area (TPSA) is 56.6 Å². The Bertz CT molecular complexity index is 714. The number of amides is 1. The van der Waals surface area contributed by atoms with Crippen molar-refractivity contribution in [2.24, 2.45) is 7.05 Å². The first kappa shape index (κ1) is 17.0. The minimum atomic E-state index is -0.150. The van der Waals surface area contributed by atoms with E-state index in [-0.39, 0.29) is 12.0 Å². The lowest BCUT2D eigenvalue weighted by Gasteiger charge is -2.33. The molecule has 0 aliphatic carbocycles. The van der Waals surface area contributed by atoms with Crippen LogP contribution in [0.15, 0.2) is 30.5 Å². The maximum absolute atomic E-state index is 12.9.